The molecule has 8 heteroatoms. The van der Waals surface area contributed by atoms with Gasteiger partial charge in [0, 0.05) is 18.5 Å². The zero-order valence-electron chi connectivity index (χ0n) is 9.13. The molecule has 94 valence electrons. The van der Waals surface area contributed by atoms with Crippen LogP contribution in [0.3, 0.4) is 0 Å². The Labute approximate surface area is 103 Å². The highest BCUT2D eigenvalue weighted by Crippen LogP contribution is 2.13. The number of anilines is 1. The average Bonchev–Trinajstić information content (AvgIpc) is 2.63. The number of rotatable bonds is 2. The van der Waals surface area contributed by atoms with Crippen LogP contribution in [0.1, 0.15) is 5.69 Å². The number of carbonyl (C=O) groups excluding carboxylic acids is 1. The highest BCUT2D eigenvalue weighted by molar-refractivity contribution is 7.91. The first-order valence-electron chi connectivity index (χ1n) is 5.14. The summed E-state index contributed by atoms with van der Waals surface area (Å²) in [5.74, 6) is 0.0146. The molecule has 1 aromatic heterocycles. The minimum Gasteiger partial charge on any atom is -0.375 e. The molecule has 0 saturated carbocycles. The van der Waals surface area contributed by atoms with Gasteiger partial charge >= 0.3 is 0 Å². The highest BCUT2D eigenvalue weighted by atomic mass is 32.2. The number of hydrogen-bond donors (Lipinski definition) is 1. The van der Waals surface area contributed by atoms with Gasteiger partial charge in [-0.3, -0.25) is 4.79 Å². The Morgan fingerprint density at radius 3 is 2.65 bits per heavy atom. The molecule has 1 aliphatic heterocycles. The van der Waals surface area contributed by atoms with E-state index in [1.54, 1.807) is 10.3 Å². The Hall–Kier alpha value is -1.15. The second kappa shape index (κ2) is 4.61. The number of hydrogen-bond acceptors (Lipinski definition) is 6. The quantitative estimate of drug-likeness (QED) is 0.787. The number of nitrogens with two attached hydrogens (primary N) is 1. The van der Waals surface area contributed by atoms with Crippen molar-refractivity contribution in [2.24, 2.45) is 0 Å². The fourth-order valence-electron chi connectivity index (χ4n) is 1.63. The molecule has 1 fully saturated rings. The lowest BCUT2D eigenvalue weighted by molar-refractivity contribution is -0.130. The van der Waals surface area contributed by atoms with Crippen molar-refractivity contribution >= 4 is 32.2 Å². The van der Waals surface area contributed by atoms with Crippen molar-refractivity contribution in [3.8, 4) is 0 Å². The van der Waals surface area contributed by atoms with Crippen molar-refractivity contribution in [1.82, 2.24) is 9.88 Å². The average molecular weight is 275 g/mol. The maximum absolute atomic E-state index is 11.8. The van der Waals surface area contributed by atoms with E-state index < -0.39 is 9.84 Å². The first-order valence-corrected chi connectivity index (χ1v) is 7.84. The summed E-state index contributed by atoms with van der Waals surface area (Å²) in [6, 6.07) is 0. The smallest absolute Gasteiger partial charge is 0.228 e. The number of sulfone groups is 1. The zero-order valence-corrected chi connectivity index (χ0v) is 10.8. The van der Waals surface area contributed by atoms with Crippen LogP contribution in [-0.4, -0.2) is 48.8 Å². The van der Waals surface area contributed by atoms with E-state index >= 15 is 0 Å². The molecule has 1 saturated heterocycles. The molecule has 2 rings (SSSR count). The maximum Gasteiger partial charge on any atom is 0.228 e. The summed E-state index contributed by atoms with van der Waals surface area (Å²) >= 11 is 1.29. The molecular formula is C9H13N3O3S2. The van der Waals surface area contributed by atoms with E-state index in [2.05, 4.69) is 4.98 Å². The minimum atomic E-state index is -2.95. The van der Waals surface area contributed by atoms with E-state index in [-0.39, 0.29) is 36.9 Å². The zero-order chi connectivity index (χ0) is 12.5. The monoisotopic (exact) mass is 275 g/mol. The van der Waals surface area contributed by atoms with Crippen LogP contribution in [-0.2, 0) is 21.1 Å². The highest BCUT2D eigenvalue weighted by Gasteiger charge is 2.25. The van der Waals surface area contributed by atoms with Crippen molar-refractivity contribution in [2.75, 3.05) is 30.3 Å². The summed E-state index contributed by atoms with van der Waals surface area (Å²) in [5, 5.41) is 2.18. The fourth-order valence-corrected chi connectivity index (χ4v) is 3.40. The van der Waals surface area contributed by atoms with Gasteiger partial charge in [0.1, 0.15) is 0 Å². The first-order chi connectivity index (χ1) is 7.96. The van der Waals surface area contributed by atoms with E-state index in [1.165, 1.54) is 11.3 Å². The largest absolute Gasteiger partial charge is 0.375 e. The van der Waals surface area contributed by atoms with Gasteiger partial charge in [-0.1, -0.05) is 0 Å². The van der Waals surface area contributed by atoms with Crippen LogP contribution in [0.25, 0.3) is 0 Å². The van der Waals surface area contributed by atoms with Crippen molar-refractivity contribution in [3.05, 3.63) is 11.1 Å². The van der Waals surface area contributed by atoms with E-state index in [4.69, 9.17) is 5.73 Å². The van der Waals surface area contributed by atoms with Crippen molar-refractivity contribution < 1.29 is 13.2 Å². The number of amides is 1. The normalized spacial score (nSPS) is 19.2. The van der Waals surface area contributed by atoms with Gasteiger partial charge in [0.15, 0.2) is 15.0 Å². The topological polar surface area (TPSA) is 93.4 Å². The number of nitrogens with zero attached hydrogens (tertiary/aromatic N) is 2. The van der Waals surface area contributed by atoms with Crippen LogP contribution in [0.4, 0.5) is 5.13 Å². The number of thiazole rings is 1. The van der Waals surface area contributed by atoms with E-state index in [1.807, 2.05) is 0 Å². The summed E-state index contributed by atoms with van der Waals surface area (Å²) in [5.41, 5.74) is 6.12. The second-order valence-electron chi connectivity index (χ2n) is 3.89. The molecular weight excluding hydrogens is 262 g/mol. The number of carbonyl (C=O) groups is 1. The van der Waals surface area contributed by atoms with Crippen LogP contribution >= 0.6 is 11.3 Å². The lowest BCUT2D eigenvalue weighted by Gasteiger charge is -2.26. The Morgan fingerprint density at radius 1 is 1.47 bits per heavy atom. The molecule has 0 radical (unpaired) electrons. The molecule has 1 aromatic rings. The first kappa shape index (κ1) is 12.3. The predicted molar refractivity (Wildman–Crippen MR) is 65.5 cm³/mol. The van der Waals surface area contributed by atoms with Crippen LogP contribution in [0.2, 0.25) is 0 Å². The molecule has 1 amide bonds. The van der Waals surface area contributed by atoms with E-state index in [9.17, 15) is 13.2 Å². The van der Waals surface area contributed by atoms with Gasteiger partial charge in [0.05, 0.1) is 23.6 Å². The van der Waals surface area contributed by atoms with E-state index in [0.29, 0.717) is 10.8 Å². The van der Waals surface area contributed by atoms with Gasteiger partial charge in [0.2, 0.25) is 5.91 Å². The van der Waals surface area contributed by atoms with Crippen molar-refractivity contribution in [3.63, 3.8) is 0 Å². The third kappa shape index (κ3) is 3.16. The standard InChI is InChI=1S/C9H13N3O3S2/c10-9-11-7(6-16-9)5-8(13)12-1-3-17(14,15)4-2-12/h6H,1-5H2,(H2,10,11). The summed E-state index contributed by atoms with van der Waals surface area (Å²) in [4.78, 5) is 17.4. The summed E-state index contributed by atoms with van der Waals surface area (Å²) in [7, 11) is -2.95. The molecule has 6 nitrogen and oxygen atoms in total. The van der Waals surface area contributed by atoms with Crippen molar-refractivity contribution in [2.45, 2.75) is 6.42 Å². The Balaban J connectivity index is 1.93. The molecule has 1 aliphatic rings. The molecule has 17 heavy (non-hydrogen) atoms. The predicted octanol–water partition coefficient (Wildman–Crippen LogP) is -0.475. The Kier molecular flexibility index (Phi) is 3.34. The van der Waals surface area contributed by atoms with Gasteiger partial charge in [0.25, 0.3) is 0 Å². The summed E-state index contributed by atoms with van der Waals surface area (Å²) < 4.78 is 22.4. The third-order valence-electron chi connectivity index (χ3n) is 2.60. The lowest BCUT2D eigenvalue weighted by Crippen LogP contribution is -2.44. The van der Waals surface area contributed by atoms with Crippen LogP contribution in [0.5, 0.6) is 0 Å². The Bertz CT molecular complexity index is 509. The van der Waals surface area contributed by atoms with Crippen LogP contribution in [0, 0.1) is 0 Å². The summed E-state index contributed by atoms with van der Waals surface area (Å²) in [6.45, 7) is 0.557. The van der Waals surface area contributed by atoms with Gasteiger partial charge in [-0.15, -0.1) is 11.3 Å². The van der Waals surface area contributed by atoms with Gasteiger partial charge in [-0.2, -0.15) is 0 Å². The molecule has 2 N–H and O–H groups in total. The fraction of sp³-hybridized carbons (Fsp3) is 0.556. The van der Waals surface area contributed by atoms with Gasteiger partial charge in [-0.25, -0.2) is 13.4 Å². The third-order valence-corrected chi connectivity index (χ3v) is 4.93. The molecule has 0 atom stereocenters. The SMILES string of the molecule is Nc1nc(CC(=O)N2CCS(=O)(=O)CC2)cs1. The van der Waals surface area contributed by atoms with Gasteiger partial charge in [-0.05, 0) is 0 Å². The molecule has 0 aliphatic carbocycles. The molecule has 0 spiro atoms. The minimum absolute atomic E-state index is 0.0535. The second-order valence-corrected chi connectivity index (χ2v) is 7.08. The molecule has 0 aromatic carbocycles. The van der Waals surface area contributed by atoms with Crippen molar-refractivity contribution in [1.29, 1.82) is 0 Å². The lowest BCUT2D eigenvalue weighted by atomic mass is 10.3. The summed E-state index contributed by atoms with van der Waals surface area (Å²) in [6.07, 6.45) is 0.188. The Morgan fingerprint density at radius 2 is 2.12 bits per heavy atom. The van der Waals surface area contributed by atoms with Crippen LogP contribution in [0.15, 0.2) is 5.38 Å². The van der Waals surface area contributed by atoms with E-state index in [0.717, 1.165) is 0 Å². The number of aromatic nitrogens is 1. The molecule has 2 heterocycles. The van der Waals surface area contributed by atoms with Crippen LogP contribution < -0.4 is 5.73 Å². The molecule has 0 bridgehead atoms. The van der Waals surface area contributed by atoms with Gasteiger partial charge < -0.3 is 10.6 Å². The number of nitrogen functional groups attached to an aromatic ring is 1. The maximum atomic E-state index is 11.8. The molecule has 0 unspecified atom stereocenters.